The van der Waals surface area contributed by atoms with Crippen molar-refractivity contribution < 1.29 is 17.9 Å². The molecule has 2 heterocycles. The van der Waals surface area contributed by atoms with Gasteiger partial charge in [-0.05, 0) is 36.6 Å². The molecular formula is C16H20ClNO4S. The van der Waals surface area contributed by atoms with Gasteiger partial charge in [0.25, 0.3) is 0 Å². The fourth-order valence-electron chi connectivity index (χ4n) is 2.93. The van der Waals surface area contributed by atoms with Gasteiger partial charge in [-0.3, -0.25) is 0 Å². The summed E-state index contributed by atoms with van der Waals surface area (Å²) in [4.78, 5) is 0. The van der Waals surface area contributed by atoms with E-state index >= 15 is 0 Å². The van der Waals surface area contributed by atoms with E-state index in [1.54, 1.807) is 30.3 Å². The SMILES string of the molecule is O=S(=O)(/C=C/c1ccc(Cl)cc1)N1CCCCC1C1OCCO1. The maximum absolute atomic E-state index is 12.7. The van der Waals surface area contributed by atoms with Crippen LogP contribution in [0.1, 0.15) is 24.8 Å². The van der Waals surface area contributed by atoms with Gasteiger partial charge < -0.3 is 9.47 Å². The van der Waals surface area contributed by atoms with E-state index < -0.39 is 16.3 Å². The first-order valence-electron chi connectivity index (χ1n) is 7.75. The number of rotatable bonds is 4. The number of nitrogens with zero attached hydrogens (tertiary/aromatic N) is 1. The lowest BCUT2D eigenvalue weighted by atomic mass is 10.0. The van der Waals surface area contributed by atoms with Crippen LogP contribution in [0.25, 0.3) is 6.08 Å². The van der Waals surface area contributed by atoms with Crippen molar-refractivity contribution in [1.29, 1.82) is 0 Å². The third-order valence-corrected chi connectivity index (χ3v) is 5.93. The molecule has 1 atom stereocenters. The van der Waals surface area contributed by atoms with Gasteiger partial charge in [0.15, 0.2) is 6.29 Å². The van der Waals surface area contributed by atoms with Gasteiger partial charge in [-0.25, -0.2) is 8.42 Å². The molecule has 0 aromatic heterocycles. The van der Waals surface area contributed by atoms with Crippen LogP contribution in [-0.2, 0) is 19.5 Å². The first kappa shape index (κ1) is 16.9. The van der Waals surface area contributed by atoms with Gasteiger partial charge in [0.1, 0.15) is 0 Å². The summed E-state index contributed by atoms with van der Waals surface area (Å²) in [6.07, 6.45) is 3.75. The van der Waals surface area contributed by atoms with E-state index in [1.807, 2.05) is 0 Å². The minimum Gasteiger partial charge on any atom is -0.349 e. The third kappa shape index (κ3) is 4.14. The molecule has 2 fully saturated rings. The highest BCUT2D eigenvalue weighted by Gasteiger charge is 2.38. The van der Waals surface area contributed by atoms with E-state index in [2.05, 4.69) is 0 Å². The molecule has 0 bridgehead atoms. The number of ether oxygens (including phenoxy) is 2. The molecule has 0 radical (unpaired) electrons. The Balaban J connectivity index is 1.77. The van der Waals surface area contributed by atoms with Crippen molar-refractivity contribution in [3.63, 3.8) is 0 Å². The van der Waals surface area contributed by atoms with Crippen molar-refractivity contribution in [1.82, 2.24) is 4.31 Å². The van der Waals surface area contributed by atoms with Crippen LogP contribution in [-0.4, -0.2) is 44.8 Å². The molecule has 1 aromatic carbocycles. The molecule has 0 spiro atoms. The second-order valence-corrected chi connectivity index (χ2v) is 7.89. The first-order chi connectivity index (χ1) is 11.1. The number of hydrogen-bond donors (Lipinski definition) is 0. The summed E-state index contributed by atoms with van der Waals surface area (Å²) in [7, 11) is -3.52. The molecule has 0 amide bonds. The Morgan fingerprint density at radius 3 is 2.52 bits per heavy atom. The Bertz CT molecular complexity index is 653. The molecule has 2 aliphatic heterocycles. The fraction of sp³-hybridized carbons (Fsp3) is 0.500. The second kappa shape index (κ2) is 7.32. The highest BCUT2D eigenvalue weighted by Crippen LogP contribution is 2.27. The number of benzene rings is 1. The summed E-state index contributed by atoms with van der Waals surface area (Å²) in [5, 5.41) is 1.88. The van der Waals surface area contributed by atoms with Crippen molar-refractivity contribution in [3.05, 3.63) is 40.3 Å². The van der Waals surface area contributed by atoms with Gasteiger partial charge in [-0.15, -0.1) is 0 Å². The quantitative estimate of drug-likeness (QED) is 0.831. The molecule has 2 saturated heterocycles. The molecular weight excluding hydrogens is 338 g/mol. The number of hydrogen-bond acceptors (Lipinski definition) is 4. The summed E-state index contributed by atoms with van der Waals surface area (Å²) in [5.74, 6) is 0. The van der Waals surface area contributed by atoms with Crippen molar-refractivity contribution in [2.75, 3.05) is 19.8 Å². The fourth-order valence-corrected chi connectivity index (χ4v) is 4.51. The summed E-state index contributed by atoms with van der Waals surface area (Å²) in [5.41, 5.74) is 0.792. The Morgan fingerprint density at radius 2 is 1.83 bits per heavy atom. The Morgan fingerprint density at radius 1 is 1.13 bits per heavy atom. The Hall–Kier alpha value is -0.920. The maximum atomic E-state index is 12.7. The molecule has 3 rings (SSSR count). The van der Waals surface area contributed by atoms with E-state index in [4.69, 9.17) is 21.1 Å². The minimum absolute atomic E-state index is 0.244. The van der Waals surface area contributed by atoms with Crippen molar-refractivity contribution in [3.8, 4) is 0 Å². The van der Waals surface area contributed by atoms with Gasteiger partial charge in [0.2, 0.25) is 10.0 Å². The highest BCUT2D eigenvalue weighted by atomic mass is 35.5. The standard InChI is InChI=1S/C16H20ClNO4S/c17-14-6-4-13(5-7-14)8-12-23(19,20)18-9-2-1-3-15(18)16-21-10-11-22-16/h4-8,12,15-16H,1-3,9-11H2/b12-8+. The van der Waals surface area contributed by atoms with Gasteiger partial charge in [0, 0.05) is 17.0 Å². The average Bonchev–Trinajstić information content (AvgIpc) is 3.09. The van der Waals surface area contributed by atoms with Crippen LogP contribution in [0.5, 0.6) is 0 Å². The molecule has 0 saturated carbocycles. The molecule has 7 heteroatoms. The van der Waals surface area contributed by atoms with Crippen LogP contribution >= 0.6 is 11.6 Å². The lowest BCUT2D eigenvalue weighted by molar-refractivity contribution is -0.0911. The van der Waals surface area contributed by atoms with Crippen LogP contribution in [0.2, 0.25) is 5.02 Å². The van der Waals surface area contributed by atoms with Gasteiger partial charge in [-0.2, -0.15) is 4.31 Å². The Labute approximate surface area is 141 Å². The van der Waals surface area contributed by atoms with E-state index in [0.717, 1.165) is 24.8 Å². The summed E-state index contributed by atoms with van der Waals surface area (Å²) in [6, 6.07) is 6.79. The van der Waals surface area contributed by atoms with E-state index in [1.165, 1.54) is 9.71 Å². The zero-order valence-electron chi connectivity index (χ0n) is 12.7. The van der Waals surface area contributed by atoms with E-state index in [9.17, 15) is 8.42 Å². The zero-order valence-corrected chi connectivity index (χ0v) is 14.3. The molecule has 0 N–H and O–H groups in total. The first-order valence-corrected chi connectivity index (χ1v) is 9.63. The lowest BCUT2D eigenvalue weighted by Gasteiger charge is -2.36. The summed E-state index contributed by atoms with van der Waals surface area (Å²) < 4.78 is 38.0. The summed E-state index contributed by atoms with van der Waals surface area (Å²) in [6.45, 7) is 1.55. The van der Waals surface area contributed by atoms with Crippen molar-refractivity contribution in [2.24, 2.45) is 0 Å². The van der Waals surface area contributed by atoms with Crippen molar-refractivity contribution in [2.45, 2.75) is 31.6 Å². The number of piperidine rings is 1. The molecule has 126 valence electrons. The Kier molecular flexibility index (Phi) is 5.38. The van der Waals surface area contributed by atoms with Crippen LogP contribution in [0, 0.1) is 0 Å². The predicted molar refractivity (Wildman–Crippen MR) is 89.4 cm³/mol. The van der Waals surface area contributed by atoms with Crippen LogP contribution in [0.3, 0.4) is 0 Å². The highest BCUT2D eigenvalue weighted by molar-refractivity contribution is 7.92. The molecule has 0 aliphatic carbocycles. The molecule has 1 aromatic rings. The lowest BCUT2D eigenvalue weighted by Crippen LogP contribution is -2.49. The van der Waals surface area contributed by atoms with Gasteiger partial charge in [0.05, 0.1) is 19.3 Å². The largest absolute Gasteiger partial charge is 0.349 e. The normalized spacial score (nSPS) is 24.5. The average molecular weight is 358 g/mol. The van der Waals surface area contributed by atoms with Crippen LogP contribution < -0.4 is 0 Å². The van der Waals surface area contributed by atoms with Gasteiger partial charge >= 0.3 is 0 Å². The molecule has 1 unspecified atom stereocenters. The monoisotopic (exact) mass is 357 g/mol. The van der Waals surface area contributed by atoms with E-state index in [-0.39, 0.29) is 6.04 Å². The predicted octanol–water partition coefficient (Wildman–Crippen LogP) is 2.87. The second-order valence-electron chi connectivity index (χ2n) is 5.68. The van der Waals surface area contributed by atoms with Gasteiger partial charge in [-0.1, -0.05) is 30.2 Å². The topological polar surface area (TPSA) is 55.8 Å². The number of halogens is 1. The van der Waals surface area contributed by atoms with Crippen LogP contribution in [0.15, 0.2) is 29.7 Å². The van der Waals surface area contributed by atoms with Crippen LogP contribution in [0.4, 0.5) is 0 Å². The third-order valence-electron chi connectivity index (χ3n) is 4.09. The molecule has 5 nitrogen and oxygen atoms in total. The zero-order chi connectivity index (χ0) is 16.3. The smallest absolute Gasteiger partial charge is 0.236 e. The van der Waals surface area contributed by atoms with Crippen molar-refractivity contribution >= 4 is 27.7 Å². The minimum atomic E-state index is -3.52. The van der Waals surface area contributed by atoms with E-state index in [0.29, 0.717) is 24.8 Å². The maximum Gasteiger partial charge on any atom is 0.236 e. The number of sulfonamides is 1. The molecule has 2 aliphatic rings. The molecule has 23 heavy (non-hydrogen) atoms. The summed E-state index contributed by atoms with van der Waals surface area (Å²) >= 11 is 5.84.